The average Bonchev–Trinajstić information content (AvgIpc) is 1.90. The van der Waals surface area contributed by atoms with Gasteiger partial charge >= 0.3 is 69.3 Å². The molecule has 0 amide bonds. The van der Waals surface area contributed by atoms with E-state index in [1.807, 2.05) is 24.3 Å². The second kappa shape index (κ2) is 3.32. The fourth-order valence-corrected chi connectivity index (χ4v) is 0.846. The van der Waals surface area contributed by atoms with Gasteiger partial charge in [0.25, 0.3) is 0 Å². The van der Waals surface area contributed by atoms with Crippen LogP contribution in [-0.4, -0.2) is 17.7 Å². The zero-order valence-electron chi connectivity index (χ0n) is 5.39. The predicted octanol–water partition coefficient (Wildman–Crippen LogP) is 2.01. The summed E-state index contributed by atoms with van der Waals surface area (Å²) in [5.74, 6) is 0. The van der Waals surface area contributed by atoms with Crippen molar-refractivity contribution in [3.8, 4) is 0 Å². The molecular weight excluding hydrogens is 126 g/mol. The van der Waals surface area contributed by atoms with Crippen LogP contribution in [0.15, 0.2) is 24.3 Å². The summed E-state index contributed by atoms with van der Waals surface area (Å²) in [6, 6.07) is 7.92. The van der Waals surface area contributed by atoms with Gasteiger partial charge in [-0.2, -0.15) is 0 Å². The van der Waals surface area contributed by atoms with Crippen LogP contribution < -0.4 is 0 Å². The van der Waals surface area contributed by atoms with E-state index in [9.17, 15) is 0 Å². The first kappa shape index (κ1) is 7.22. The Kier molecular flexibility index (Phi) is 2.66. The molecule has 1 aromatic rings. The topological polar surface area (TPSA) is 0 Å². The summed E-state index contributed by atoms with van der Waals surface area (Å²) in [4.78, 5) is 0. The van der Waals surface area contributed by atoms with Crippen molar-refractivity contribution >= 4 is 29.3 Å². The van der Waals surface area contributed by atoms with E-state index in [1.165, 1.54) is 5.56 Å². The van der Waals surface area contributed by atoms with Crippen molar-refractivity contribution in [2.75, 3.05) is 0 Å². The quantitative estimate of drug-likeness (QED) is 0.513. The summed E-state index contributed by atoms with van der Waals surface area (Å²) in [6.45, 7) is 0. The molecule has 0 atom stereocenters. The Bertz CT molecular complexity index is 181. The summed E-state index contributed by atoms with van der Waals surface area (Å²) in [6.07, 6.45) is 0. The van der Waals surface area contributed by atoms with E-state index in [4.69, 9.17) is 11.6 Å². The minimum atomic E-state index is 0.812. The molecular formula is C7H6ClLi. The molecule has 0 nitrogen and oxygen atoms in total. The van der Waals surface area contributed by atoms with Crippen molar-refractivity contribution in [1.82, 2.24) is 0 Å². The molecule has 0 fully saturated rings. The van der Waals surface area contributed by atoms with Crippen LogP contribution in [0.1, 0.15) is 5.56 Å². The van der Waals surface area contributed by atoms with Gasteiger partial charge in [0.05, 0.1) is 0 Å². The number of rotatable bonds is 1. The van der Waals surface area contributed by atoms with Gasteiger partial charge in [-0.1, -0.05) is 0 Å². The molecule has 1 aromatic carbocycles. The second-order valence-corrected chi connectivity index (χ2v) is 2.42. The van der Waals surface area contributed by atoms with E-state index >= 15 is 0 Å². The molecule has 0 saturated carbocycles. The molecule has 42 valence electrons. The van der Waals surface area contributed by atoms with Gasteiger partial charge in [0, 0.05) is 0 Å². The third-order valence-electron chi connectivity index (χ3n) is 1.32. The van der Waals surface area contributed by atoms with Crippen LogP contribution in [0.4, 0.5) is 0 Å². The fraction of sp³-hybridized carbons (Fsp3) is 0.143. The molecule has 0 aromatic heterocycles. The Morgan fingerprint density at radius 1 is 1.22 bits per heavy atom. The summed E-state index contributed by atoms with van der Waals surface area (Å²) < 4.78 is 0. The van der Waals surface area contributed by atoms with Crippen LogP contribution in [0.5, 0.6) is 0 Å². The zero-order chi connectivity index (χ0) is 6.69. The molecule has 0 unspecified atom stereocenters. The molecule has 2 heteroatoms. The molecule has 0 radical (unpaired) electrons. The number of hydrogen-bond acceptors (Lipinski definition) is 0. The van der Waals surface area contributed by atoms with Crippen LogP contribution in [-0.2, 0) is 5.09 Å². The number of benzene rings is 1. The first-order chi connectivity index (χ1) is 4.33. The molecule has 0 heterocycles. The van der Waals surface area contributed by atoms with E-state index in [2.05, 4.69) is 17.7 Å². The average molecular weight is 133 g/mol. The predicted molar refractivity (Wildman–Crippen MR) is 40.9 cm³/mol. The van der Waals surface area contributed by atoms with Crippen LogP contribution >= 0.6 is 11.6 Å². The summed E-state index contributed by atoms with van der Waals surface area (Å²) >= 11 is 7.80. The van der Waals surface area contributed by atoms with Crippen LogP contribution in [0.3, 0.4) is 0 Å². The molecule has 0 aliphatic heterocycles. The van der Waals surface area contributed by atoms with Gasteiger partial charge in [-0.05, 0) is 0 Å². The Morgan fingerprint density at radius 3 is 2.22 bits per heavy atom. The molecule has 0 bridgehead atoms. The Labute approximate surface area is 69.4 Å². The third kappa shape index (κ3) is 2.06. The Morgan fingerprint density at radius 2 is 1.78 bits per heavy atom. The van der Waals surface area contributed by atoms with Gasteiger partial charge in [-0.15, -0.1) is 0 Å². The minimum absolute atomic E-state index is 0.812. The fourth-order valence-electron chi connectivity index (χ4n) is 0.720. The van der Waals surface area contributed by atoms with Crippen molar-refractivity contribution in [2.45, 2.75) is 5.09 Å². The molecule has 0 N–H and O–H groups in total. The van der Waals surface area contributed by atoms with E-state index in [1.54, 1.807) is 0 Å². The van der Waals surface area contributed by atoms with Crippen LogP contribution in [0.25, 0.3) is 0 Å². The van der Waals surface area contributed by atoms with E-state index in [-0.39, 0.29) is 0 Å². The maximum atomic E-state index is 5.67. The maximum absolute atomic E-state index is 5.67. The van der Waals surface area contributed by atoms with Crippen molar-refractivity contribution in [3.05, 3.63) is 34.9 Å². The summed E-state index contributed by atoms with van der Waals surface area (Å²) in [5, 5.41) is 1.89. The first-order valence-electron chi connectivity index (χ1n) is 3.07. The number of halogens is 1. The van der Waals surface area contributed by atoms with Crippen molar-refractivity contribution in [2.24, 2.45) is 0 Å². The van der Waals surface area contributed by atoms with E-state index in [0.29, 0.717) is 0 Å². The molecule has 1 rings (SSSR count). The normalized spacial score (nSPS) is 9.67. The SMILES string of the molecule is [Li][CH2]c1ccc(Cl)cc1. The number of hydrogen-bond donors (Lipinski definition) is 0. The van der Waals surface area contributed by atoms with Crippen molar-refractivity contribution in [1.29, 1.82) is 0 Å². The molecule has 9 heavy (non-hydrogen) atoms. The van der Waals surface area contributed by atoms with Gasteiger partial charge in [0.1, 0.15) is 0 Å². The summed E-state index contributed by atoms with van der Waals surface area (Å²) in [7, 11) is 0. The van der Waals surface area contributed by atoms with E-state index in [0.717, 1.165) is 10.1 Å². The Hall–Kier alpha value is 0.107. The molecule has 0 aliphatic rings. The Balaban J connectivity index is 2.88. The van der Waals surface area contributed by atoms with E-state index < -0.39 is 0 Å². The van der Waals surface area contributed by atoms with Crippen molar-refractivity contribution < 1.29 is 0 Å². The molecule has 0 aliphatic carbocycles. The molecule has 0 spiro atoms. The molecule has 0 saturated heterocycles. The van der Waals surface area contributed by atoms with Gasteiger partial charge < -0.3 is 0 Å². The second-order valence-electron chi connectivity index (χ2n) is 1.98. The van der Waals surface area contributed by atoms with Crippen LogP contribution in [0, 0.1) is 0 Å². The van der Waals surface area contributed by atoms with Gasteiger partial charge in [-0.3, -0.25) is 0 Å². The van der Waals surface area contributed by atoms with Gasteiger partial charge in [0.2, 0.25) is 0 Å². The van der Waals surface area contributed by atoms with Gasteiger partial charge in [-0.25, -0.2) is 0 Å². The van der Waals surface area contributed by atoms with Crippen molar-refractivity contribution in [3.63, 3.8) is 0 Å². The zero-order valence-corrected chi connectivity index (χ0v) is 6.15. The van der Waals surface area contributed by atoms with Gasteiger partial charge in [0.15, 0.2) is 0 Å². The monoisotopic (exact) mass is 132 g/mol. The third-order valence-corrected chi connectivity index (χ3v) is 1.57. The first-order valence-corrected chi connectivity index (χ1v) is 3.45. The van der Waals surface area contributed by atoms with Crippen LogP contribution in [0.2, 0.25) is 5.02 Å². The summed E-state index contributed by atoms with van der Waals surface area (Å²) in [5.41, 5.74) is 1.33. The standard InChI is InChI=1S/C7H6Cl.Li/c1-6-2-4-7(8)5-3-6;/h2-5H,1H2;.